The van der Waals surface area contributed by atoms with Gasteiger partial charge in [0.15, 0.2) is 0 Å². The maximum atomic E-state index is 11.6. The van der Waals surface area contributed by atoms with Crippen molar-refractivity contribution in [2.24, 2.45) is 5.41 Å². The average Bonchev–Trinajstić information content (AvgIpc) is 2.20. The maximum Gasteiger partial charge on any atom is 0.317 e. The third-order valence-corrected chi connectivity index (χ3v) is 2.63. The Balaban J connectivity index is 3.74. The Labute approximate surface area is 99.0 Å². The van der Waals surface area contributed by atoms with Gasteiger partial charge >= 0.3 is 6.03 Å². The van der Waals surface area contributed by atoms with Gasteiger partial charge in [-0.15, -0.1) is 0 Å². The lowest BCUT2D eigenvalue weighted by Crippen LogP contribution is -2.44. The molecule has 4 heteroatoms. The minimum atomic E-state index is -0.136. The topological polar surface area (TPSA) is 52.6 Å². The van der Waals surface area contributed by atoms with Crippen LogP contribution in [-0.2, 0) is 0 Å². The Hall–Kier alpha value is -0.770. The number of aliphatic hydroxyl groups excluding tert-OH is 1. The smallest absolute Gasteiger partial charge is 0.317 e. The van der Waals surface area contributed by atoms with Crippen LogP contribution in [0.5, 0.6) is 0 Å². The van der Waals surface area contributed by atoms with Crippen LogP contribution in [0.15, 0.2) is 0 Å². The van der Waals surface area contributed by atoms with Crippen molar-refractivity contribution < 1.29 is 9.90 Å². The minimum absolute atomic E-state index is 0.00802. The van der Waals surface area contributed by atoms with Crippen molar-refractivity contribution in [3.63, 3.8) is 0 Å². The summed E-state index contributed by atoms with van der Waals surface area (Å²) in [5, 5.41) is 11.8. The molecule has 0 aliphatic rings. The molecule has 0 aromatic heterocycles. The highest BCUT2D eigenvalue weighted by molar-refractivity contribution is 5.74. The van der Waals surface area contributed by atoms with Gasteiger partial charge in [-0.2, -0.15) is 0 Å². The van der Waals surface area contributed by atoms with Crippen molar-refractivity contribution in [3.05, 3.63) is 0 Å². The summed E-state index contributed by atoms with van der Waals surface area (Å²) in [6.07, 6.45) is 2.07. The predicted octanol–water partition coefficient (Wildman–Crippen LogP) is 1.83. The molecule has 0 aromatic carbocycles. The lowest BCUT2D eigenvalue weighted by Gasteiger charge is -2.24. The fourth-order valence-corrected chi connectivity index (χ4v) is 1.26. The van der Waals surface area contributed by atoms with Crippen LogP contribution in [0.2, 0.25) is 0 Å². The van der Waals surface area contributed by atoms with E-state index in [4.69, 9.17) is 5.11 Å². The van der Waals surface area contributed by atoms with Gasteiger partial charge in [-0.25, -0.2) is 4.79 Å². The molecule has 0 aliphatic carbocycles. The first kappa shape index (κ1) is 15.2. The number of nitrogens with one attached hydrogen (secondary N) is 1. The zero-order valence-electron chi connectivity index (χ0n) is 11.2. The van der Waals surface area contributed by atoms with Gasteiger partial charge in [0.1, 0.15) is 0 Å². The molecule has 0 saturated carbocycles. The molecule has 0 saturated heterocycles. The Morgan fingerprint density at radius 2 is 2.00 bits per heavy atom. The molecule has 0 fully saturated rings. The van der Waals surface area contributed by atoms with E-state index >= 15 is 0 Å². The Bertz CT molecular complexity index is 212. The van der Waals surface area contributed by atoms with E-state index in [2.05, 4.69) is 26.1 Å². The molecule has 0 radical (unpaired) electrons. The van der Waals surface area contributed by atoms with Crippen molar-refractivity contribution in [2.45, 2.75) is 46.6 Å². The van der Waals surface area contributed by atoms with Gasteiger partial charge in [0.05, 0.1) is 12.6 Å². The zero-order chi connectivity index (χ0) is 12.8. The largest absolute Gasteiger partial charge is 0.394 e. The standard InChI is InChI=1S/C12H26N2O2/c1-10(9-15)14(5)11(16)13-8-6-7-12(2,3)4/h10,15H,6-9H2,1-5H3,(H,13,16). The van der Waals surface area contributed by atoms with E-state index in [1.165, 1.54) is 4.90 Å². The Kier molecular flexibility index (Phi) is 6.41. The highest BCUT2D eigenvalue weighted by Crippen LogP contribution is 2.19. The zero-order valence-corrected chi connectivity index (χ0v) is 11.2. The molecular formula is C12H26N2O2. The number of amides is 2. The van der Waals surface area contributed by atoms with Crippen molar-refractivity contribution in [2.75, 3.05) is 20.2 Å². The van der Waals surface area contributed by atoms with E-state index in [0.29, 0.717) is 12.0 Å². The summed E-state index contributed by atoms with van der Waals surface area (Å²) in [6, 6.07) is -0.252. The molecule has 0 spiro atoms. The summed E-state index contributed by atoms with van der Waals surface area (Å²) in [4.78, 5) is 13.1. The fraction of sp³-hybridized carbons (Fsp3) is 0.917. The van der Waals surface area contributed by atoms with Gasteiger partial charge in [-0.05, 0) is 25.2 Å². The van der Waals surface area contributed by atoms with E-state index in [9.17, 15) is 4.79 Å². The Morgan fingerprint density at radius 1 is 1.44 bits per heavy atom. The van der Waals surface area contributed by atoms with Crippen LogP contribution in [0.3, 0.4) is 0 Å². The summed E-state index contributed by atoms with van der Waals surface area (Å²) >= 11 is 0. The summed E-state index contributed by atoms with van der Waals surface area (Å²) in [7, 11) is 1.69. The van der Waals surface area contributed by atoms with E-state index in [1.807, 2.05) is 6.92 Å². The molecule has 0 aliphatic heterocycles. The number of hydrogen-bond donors (Lipinski definition) is 2. The molecule has 2 N–H and O–H groups in total. The van der Waals surface area contributed by atoms with Crippen molar-refractivity contribution in [1.29, 1.82) is 0 Å². The van der Waals surface area contributed by atoms with E-state index in [-0.39, 0.29) is 18.7 Å². The van der Waals surface area contributed by atoms with Gasteiger partial charge in [0.2, 0.25) is 0 Å². The number of rotatable bonds is 5. The van der Waals surface area contributed by atoms with Gasteiger partial charge in [-0.3, -0.25) is 0 Å². The molecule has 0 aromatic rings. The minimum Gasteiger partial charge on any atom is -0.394 e. The molecule has 0 bridgehead atoms. The monoisotopic (exact) mass is 230 g/mol. The van der Waals surface area contributed by atoms with Crippen LogP contribution in [0.25, 0.3) is 0 Å². The average molecular weight is 230 g/mol. The van der Waals surface area contributed by atoms with Crippen LogP contribution in [0, 0.1) is 5.41 Å². The second-order valence-corrected chi connectivity index (χ2v) is 5.54. The highest BCUT2D eigenvalue weighted by Gasteiger charge is 2.14. The summed E-state index contributed by atoms with van der Waals surface area (Å²) in [5.74, 6) is 0. The maximum absolute atomic E-state index is 11.6. The van der Waals surface area contributed by atoms with Gasteiger partial charge < -0.3 is 15.3 Å². The molecule has 1 unspecified atom stereocenters. The number of urea groups is 1. The van der Waals surface area contributed by atoms with Gasteiger partial charge in [0.25, 0.3) is 0 Å². The summed E-state index contributed by atoms with van der Waals surface area (Å²) in [6.45, 7) is 9.07. The molecule has 1 atom stereocenters. The lowest BCUT2D eigenvalue weighted by molar-refractivity contribution is 0.157. The van der Waals surface area contributed by atoms with Crippen LogP contribution >= 0.6 is 0 Å². The summed E-state index contributed by atoms with van der Waals surface area (Å²) < 4.78 is 0. The second kappa shape index (κ2) is 6.74. The molecule has 16 heavy (non-hydrogen) atoms. The summed E-state index contributed by atoms with van der Waals surface area (Å²) in [5.41, 5.74) is 0.315. The second-order valence-electron chi connectivity index (χ2n) is 5.54. The van der Waals surface area contributed by atoms with Gasteiger partial charge in [-0.1, -0.05) is 20.8 Å². The SMILES string of the molecule is CC(CO)N(C)C(=O)NCCCC(C)(C)C. The van der Waals surface area contributed by atoms with Crippen molar-refractivity contribution in [3.8, 4) is 0 Å². The normalized spacial score (nSPS) is 13.4. The fourth-order valence-electron chi connectivity index (χ4n) is 1.26. The van der Waals surface area contributed by atoms with Crippen LogP contribution < -0.4 is 5.32 Å². The predicted molar refractivity (Wildman–Crippen MR) is 66.4 cm³/mol. The van der Waals surface area contributed by atoms with Gasteiger partial charge in [0, 0.05) is 13.6 Å². The molecule has 0 heterocycles. The molecule has 0 rings (SSSR count). The van der Waals surface area contributed by atoms with E-state index in [0.717, 1.165) is 12.8 Å². The third kappa shape index (κ3) is 6.67. The first-order valence-corrected chi connectivity index (χ1v) is 5.89. The van der Waals surface area contributed by atoms with Crippen LogP contribution in [0.1, 0.15) is 40.5 Å². The molecule has 96 valence electrons. The van der Waals surface area contributed by atoms with E-state index < -0.39 is 0 Å². The lowest BCUT2D eigenvalue weighted by atomic mass is 9.91. The molecule has 2 amide bonds. The van der Waals surface area contributed by atoms with Crippen molar-refractivity contribution >= 4 is 6.03 Å². The molecule has 4 nitrogen and oxygen atoms in total. The first-order chi connectivity index (χ1) is 7.28. The third-order valence-electron chi connectivity index (χ3n) is 2.63. The van der Waals surface area contributed by atoms with E-state index in [1.54, 1.807) is 7.05 Å². The van der Waals surface area contributed by atoms with Crippen LogP contribution in [0.4, 0.5) is 4.79 Å². The number of hydrogen-bond acceptors (Lipinski definition) is 2. The van der Waals surface area contributed by atoms with Crippen LogP contribution in [-0.4, -0.2) is 42.3 Å². The molecular weight excluding hydrogens is 204 g/mol. The number of carbonyl (C=O) groups is 1. The number of carbonyl (C=O) groups excluding carboxylic acids is 1. The number of nitrogens with zero attached hydrogens (tertiary/aromatic N) is 1. The number of aliphatic hydroxyl groups is 1. The highest BCUT2D eigenvalue weighted by atomic mass is 16.3. The van der Waals surface area contributed by atoms with Crippen molar-refractivity contribution in [1.82, 2.24) is 10.2 Å². The first-order valence-electron chi connectivity index (χ1n) is 5.89. The Morgan fingerprint density at radius 3 is 2.44 bits per heavy atom. The number of likely N-dealkylation sites (N-methyl/N-ethyl adjacent to an activating group) is 1. The quantitative estimate of drug-likeness (QED) is 0.708.